The van der Waals surface area contributed by atoms with Gasteiger partial charge < -0.3 is 5.32 Å². The number of likely N-dealkylation sites (N-methyl/N-ethyl adjacent to an activating group) is 1. The van der Waals surface area contributed by atoms with Crippen LogP contribution in [0.1, 0.15) is 43.0 Å². The standard InChI is InChI=1S/C14H19BrN4/c1-16-9-8-12-14(15)19-13(17-12)7-6-11(18-19)10-4-2-3-5-10/h6-7,10,16H,2-5,8-9H2,1H3. The van der Waals surface area contributed by atoms with Crippen molar-refractivity contribution < 1.29 is 0 Å². The summed E-state index contributed by atoms with van der Waals surface area (Å²) < 4.78 is 2.94. The molecule has 1 aliphatic rings. The van der Waals surface area contributed by atoms with Gasteiger partial charge in [0.05, 0.1) is 11.4 Å². The van der Waals surface area contributed by atoms with Crippen LogP contribution in [0.2, 0.25) is 0 Å². The molecule has 2 aromatic heterocycles. The van der Waals surface area contributed by atoms with Crippen molar-refractivity contribution in [3.05, 3.63) is 28.1 Å². The second-order valence-electron chi connectivity index (χ2n) is 5.21. The van der Waals surface area contributed by atoms with E-state index in [-0.39, 0.29) is 0 Å². The monoisotopic (exact) mass is 322 g/mol. The fourth-order valence-electron chi connectivity index (χ4n) is 2.81. The zero-order chi connectivity index (χ0) is 13.2. The van der Waals surface area contributed by atoms with Crippen LogP contribution in [0.15, 0.2) is 16.7 Å². The van der Waals surface area contributed by atoms with Gasteiger partial charge in [0.2, 0.25) is 0 Å². The highest BCUT2D eigenvalue weighted by Crippen LogP contribution is 2.33. The largest absolute Gasteiger partial charge is 0.319 e. The lowest BCUT2D eigenvalue weighted by molar-refractivity contribution is 0.669. The lowest BCUT2D eigenvalue weighted by Crippen LogP contribution is -2.10. The van der Waals surface area contributed by atoms with Gasteiger partial charge in [-0.25, -0.2) is 9.50 Å². The summed E-state index contributed by atoms with van der Waals surface area (Å²) in [5.41, 5.74) is 3.22. The van der Waals surface area contributed by atoms with Gasteiger partial charge in [-0.15, -0.1) is 0 Å². The molecule has 0 aromatic carbocycles. The zero-order valence-corrected chi connectivity index (χ0v) is 12.8. The zero-order valence-electron chi connectivity index (χ0n) is 11.2. The molecule has 0 radical (unpaired) electrons. The molecule has 1 N–H and O–H groups in total. The van der Waals surface area contributed by atoms with E-state index in [2.05, 4.69) is 38.4 Å². The molecule has 0 atom stereocenters. The van der Waals surface area contributed by atoms with Crippen LogP contribution in [0, 0.1) is 0 Å². The van der Waals surface area contributed by atoms with E-state index in [9.17, 15) is 0 Å². The van der Waals surface area contributed by atoms with Crippen LogP contribution in [-0.4, -0.2) is 28.2 Å². The summed E-state index contributed by atoms with van der Waals surface area (Å²) in [5.74, 6) is 0.638. The maximum atomic E-state index is 4.77. The lowest BCUT2D eigenvalue weighted by Gasteiger charge is -2.08. The van der Waals surface area contributed by atoms with Gasteiger partial charge in [0, 0.05) is 18.9 Å². The Labute approximate surface area is 121 Å². The average Bonchev–Trinajstić information content (AvgIpc) is 3.05. The predicted octanol–water partition coefficient (Wildman–Crippen LogP) is 2.91. The predicted molar refractivity (Wildman–Crippen MR) is 79.5 cm³/mol. The number of hydrogen-bond donors (Lipinski definition) is 1. The first-order chi connectivity index (χ1) is 9.29. The maximum absolute atomic E-state index is 4.77. The van der Waals surface area contributed by atoms with Gasteiger partial charge >= 0.3 is 0 Å². The highest BCUT2D eigenvalue weighted by Gasteiger charge is 2.20. The van der Waals surface area contributed by atoms with Crippen LogP contribution in [-0.2, 0) is 6.42 Å². The molecule has 0 amide bonds. The van der Waals surface area contributed by atoms with Crippen LogP contribution >= 0.6 is 15.9 Å². The van der Waals surface area contributed by atoms with Crippen molar-refractivity contribution in [3.63, 3.8) is 0 Å². The molecule has 0 aliphatic heterocycles. The molecule has 1 aliphatic carbocycles. The molecule has 19 heavy (non-hydrogen) atoms. The van der Waals surface area contributed by atoms with Crippen molar-refractivity contribution >= 4 is 21.6 Å². The third kappa shape index (κ3) is 2.54. The van der Waals surface area contributed by atoms with Gasteiger partial charge in [0.1, 0.15) is 4.60 Å². The molecule has 0 saturated heterocycles. The molecular formula is C14H19BrN4. The van der Waals surface area contributed by atoms with Crippen LogP contribution in [0.5, 0.6) is 0 Å². The molecule has 2 aromatic rings. The van der Waals surface area contributed by atoms with Crippen molar-refractivity contribution in [1.29, 1.82) is 0 Å². The minimum Gasteiger partial charge on any atom is -0.319 e. The second kappa shape index (κ2) is 5.59. The fraction of sp³-hybridized carbons (Fsp3) is 0.571. The number of rotatable bonds is 4. The minimum atomic E-state index is 0.638. The van der Waals surface area contributed by atoms with Gasteiger partial charge in [-0.2, -0.15) is 5.10 Å². The van der Waals surface area contributed by atoms with Gasteiger partial charge in [-0.05, 0) is 48.0 Å². The Bertz CT molecular complexity index is 572. The molecule has 0 spiro atoms. The Morgan fingerprint density at radius 3 is 2.89 bits per heavy atom. The number of fused-ring (bicyclic) bond motifs is 1. The number of imidazole rings is 1. The highest BCUT2D eigenvalue weighted by molar-refractivity contribution is 9.10. The van der Waals surface area contributed by atoms with E-state index in [1.807, 2.05) is 11.6 Å². The molecular weight excluding hydrogens is 304 g/mol. The summed E-state index contributed by atoms with van der Waals surface area (Å²) in [6.07, 6.45) is 6.14. The Morgan fingerprint density at radius 2 is 2.16 bits per heavy atom. The Kier molecular flexibility index (Phi) is 3.84. The topological polar surface area (TPSA) is 42.2 Å². The third-order valence-corrected chi connectivity index (χ3v) is 4.69. The Balaban J connectivity index is 1.95. The summed E-state index contributed by atoms with van der Waals surface area (Å²) in [6, 6.07) is 4.24. The first-order valence-corrected chi connectivity index (χ1v) is 7.77. The maximum Gasteiger partial charge on any atom is 0.155 e. The van der Waals surface area contributed by atoms with E-state index in [4.69, 9.17) is 5.10 Å². The van der Waals surface area contributed by atoms with Crippen LogP contribution < -0.4 is 5.32 Å². The second-order valence-corrected chi connectivity index (χ2v) is 5.96. The van der Waals surface area contributed by atoms with E-state index in [1.54, 1.807) is 0 Å². The number of aromatic nitrogens is 3. The number of nitrogens with one attached hydrogen (secondary N) is 1. The summed E-state index contributed by atoms with van der Waals surface area (Å²) in [5, 5.41) is 7.93. The molecule has 1 saturated carbocycles. The number of hydrogen-bond acceptors (Lipinski definition) is 3. The smallest absolute Gasteiger partial charge is 0.155 e. The third-order valence-electron chi connectivity index (χ3n) is 3.89. The van der Waals surface area contributed by atoms with Crippen molar-refractivity contribution in [2.24, 2.45) is 0 Å². The van der Waals surface area contributed by atoms with E-state index < -0.39 is 0 Å². The first kappa shape index (κ1) is 13.1. The fourth-order valence-corrected chi connectivity index (χ4v) is 3.36. The van der Waals surface area contributed by atoms with Crippen LogP contribution in [0.25, 0.3) is 5.65 Å². The SMILES string of the molecule is CNCCc1nc2ccc(C3CCCC3)nn2c1Br. The van der Waals surface area contributed by atoms with Crippen LogP contribution in [0.3, 0.4) is 0 Å². The summed E-state index contributed by atoms with van der Waals surface area (Å²) >= 11 is 3.63. The summed E-state index contributed by atoms with van der Waals surface area (Å²) in [6.45, 7) is 0.929. The molecule has 3 rings (SSSR count). The lowest BCUT2D eigenvalue weighted by atomic mass is 10.0. The van der Waals surface area contributed by atoms with Crippen LogP contribution in [0.4, 0.5) is 0 Å². The van der Waals surface area contributed by atoms with Gasteiger partial charge in [-0.1, -0.05) is 12.8 Å². The van der Waals surface area contributed by atoms with Gasteiger partial charge in [-0.3, -0.25) is 0 Å². The first-order valence-electron chi connectivity index (χ1n) is 6.98. The summed E-state index contributed by atoms with van der Waals surface area (Å²) in [4.78, 5) is 4.63. The normalized spacial score (nSPS) is 16.5. The average molecular weight is 323 g/mol. The number of nitrogens with zero attached hydrogens (tertiary/aromatic N) is 3. The Hall–Kier alpha value is -0.940. The highest BCUT2D eigenvalue weighted by atomic mass is 79.9. The van der Waals surface area contributed by atoms with Crippen molar-refractivity contribution in [3.8, 4) is 0 Å². The van der Waals surface area contributed by atoms with Crippen molar-refractivity contribution in [2.75, 3.05) is 13.6 Å². The number of halogens is 1. The molecule has 0 bridgehead atoms. The van der Waals surface area contributed by atoms with E-state index >= 15 is 0 Å². The van der Waals surface area contributed by atoms with Crippen molar-refractivity contribution in [2.45, 2.75) is 38.0 Å². The molecule has 5 heteroatoms. The summed E-state index contributed by atoms with van der Waals surface area (Å²) in [7, 11) is 1.96. The van der Waals surface area contributed by atoms with Gasteiger partial charge in [0.15, 0.2) is 5.65 Å². The molecule has 4 nitrogen and oxygen atoms in total. The molecule has 102 valence electrons. The quantitative estimate of drug-likeness (QED) is 0.941. The molecule has 1 fully saturated rings. The van der Waals surface area contributed by atoms with Crippen molar-refractivity contribution in [1.82, 2.24) is 19.9 Å². The minimum absolute atomic E-state index is 0.638. The molecule has 0 unspecified atom stereocenters. The Morgan fingerprint density at radius 1 is 1.37 bits per heavy atom. The van der Waals surface area contributed by atoms with E-state index in [0.29, 0.717) is 5.92 Å². The van der Waals surface area contributed by atoms with Gasteiger partial charge in [0.25, 0.3) is 0 Å². The van der Waals surface area contributed by atoms with E-state index in [1.165, 1.54) is 31.4 Å². The molecule has 2 heterocycles. The van der Waals surface area contributed by atoms with E-state index in [0.717, 1.165) is 28.9 Å².